The van der Waals surface area contributed by atoms with Gasteiger partial charge in [0.2, 0.25) is 0 Å². The molecule has 1 aliphatic rings. The Hall–Kier alpha value is -2.48. The highest BCUT2D eigenvalue weighted by Crippen LogP contribution is 2.48. The van der Waals surface area contributed by atoms with Gasteiger partial charge in [-0.25, -0.2) is 0 Å². The first-order valence-electron chi connectivity index (χ1n) is 15.9. The van der Waals surface area contributed by atoms with Crippen molar-refractivity contribution < 1.29 is 10.2 Å². The van der Waals surface area contributed by atoms with Crippen molar-refractivity contribution in [2.24, 2.45) is 11.3 Å². The highest BCUT2D eigenvalue weighted by molar-refractivity contribution is 5.53. The summed E-state index contributed by atoms with van der Waals surface area (Å²) in [5, 5.41) is 22.5. The molecule has 1 atom stereocenters. The van der Waals surface area contributed by atoms with Crippen LogP contribution in [0.5, 0.6) is 11.5 Å². The molecule has 1 unspecified atom stereocenters. The third-order valence-electron chi connectivity index (χ3n) is 9.68. The third-order valence-corrected chi connectivity index (χ3v) is 9.68. The van der Waals surface area contributed by atoms with Crippen LogP contribution >= 0.6 is 0 Å². The Balaban J connectivity index is 2.08. The summed E-state index contributed by atoms with van der Waals surface area (Å²) < 4.78 is 0. The van der Waals surface area contributed by atoms with Gasteiger partial charge in [-0.15, -0.1) is 0 Å². The molecule has 0 bridgehead atoms. The van der Waals surface area contributed by atoms with E-state index in [-0.39, 0.29) is 27.1 Å². The second kappa shape index (κ2) is 10.9. The van der Waals surface area contributed by atoms with Crippen LogP contribution in [0.1, 0.15) is 144 Å². The van der Waals surface area contributed by atoms with E-state index in [1.54, 1.807) is 0 Å². The number of hydrogen-bond donors (Lipinski definition) is 2. The maximum Gasteiger partial charge on any atom is 0.123 e. The second-order valence-corrected chi connectivity index (χ2v) is 17.7. The Labute approximate surface area is 258 Å². The van der Waals surface area contributed by atoms with Crippen LogP contribution in [-0.2, 0) is 34.5 Å². The third kappa shape index (κ3) is 6.84. The minimum atomic E-state index is -0.146. The number of phenols is 2. The molecule has 0 heterocycles. The molecular weight excluding hydrogens is 512 g/mol. The molecule has 2 nitrogen and oxygen atoms in total. The van der Waals surface area contributed by atoms with Gasteiger partial charge in [-0.2, -0.15) is 0 Å². The summed E-state index contributed by atoms with van der Waals surface area (Å²) >= 11 is 0. The first-order valence-corrected chi connectivity index (χ1v) is 15.9. The van der Waals surface area contributed by atoms with E-state index >= 15 is 0 Å². The molecule has 0 amide bonds. The maximum atomic E-state index is 11.3. The Morgan fingerprint density at radius 1 is 0.595 bits per heavy atom. The predicted molar refractivity (Wildman–Crippen MR) is 182 cm³/mol. The summed E-state index contributed by atoms with van der Waals surface area (Å²) in [5.74, 6) is 1.24. The van der Waals surface area contributed by atoms with E-state index in [2.05, 4.69) is 141 Å². The standard InChI is InChI=1S/C40H60O2/c1-24-17-28(18-26-20-30(36(3,4)5)34(41)31(21-26)37(6,7)8)40(15,16)25(2)29(24)19-27-22-32(38(9,10)11)35(42)33(23-27)39(12,13)14/h17,20-23,28,41-42H,18-19H2,1-16H3. The molecule has 0 spiro atoms. The van der Waals surface area contributed by atoms with Gasteiger partial charge >= 0.3 is 0 Å². The number of hydrogen-bond acceptors (Lipinski definition) is 2. The summed E-state index contributed by atoms with van der Waals surface area (Å²) in [5.41, 5.74) is 10.3. The highest BCUT2D eigenvalue weighted by atomic mass is 16.3. The lowest BCUT2D eigenvalue weighted by atomic mass is 9.64. The summed E-state index contributed by atoms with van der Waals surface area (Å²) in [6.45, 7) is 35.6. The Kier molecular flexibility index (Phi) is 8.83. The monoisotopic (exact) mass is 572 g/mol. The minimum Gasteiger partial charge on any atom is -0.507 e. The van der Waals surface area contributed by atoms with Crippen molar-refractivity contribution in [2.75, 3.05) is 0 Å². The first kappa shape index (κ1) is 34.0. The fourth-order valence-electron chi connectivity index (χ4n) is 6.51. The van der Waals surface area contributed by atoms with Gasteiger partial charge in [0.1, 0.15) is 11.5 Å². The Morgan fingerprint density at radius 2 is 0.929 bits per heavy atom. The molecule has 2 heteroatoms. The molecule has 232 valence electrons. The van der Waals surface area contributed by atoms with E-state index in [9.17, 15) is 10.2 Å². The number of aromatic hydroxyl groups is 2. The quantitative estimate of drug-likeness (QED) is 0.382. The minimum absolute atomic E-state index is 0.0207. The molecule has 0 aliphatic heterocycles. The first-order chi connectivity index (χ1) is 18.8. The van der Waals surface area contributed by atoms with Gasteiger partial charge in [-0.3, -0.25) is 0 Å². The molecule has 1 aliphatic carbocycles. The van der Waals surface area contributed by atoms with Gasteiger partial charge in [-0.05, 0) is 98.6 Å². The van der Waals surface area contributed by atoms with Gasteiger partial charge in [0, 0.05) is 0 Å². The SMILES string of the molecule is CC1=CC(Cc2cc(C(C)(C)C)c(O)c(C(C)(C)C)c2)C(C)(C)C(C)=C1Cc1cc(C(C)(C)C)c(O)c(C(C)(C)C)c1. The maximum absolute atomic E-state index is 11.3. The van der Waals surface area contributed by atoms with Crippen molar-refractivity contribution in [1.82, 2.24) is 0 Å². The van der Waals surface area contributed by atoms with Crippen LogP contribution in [0.2, 0.25) is 0 Å². The fourth-order valence-corrected chi connectivity index (χ4v) is 6.51. The molecule has 0 saturated heterocycles. The average molecular weight is 573 g/mol. The van der Waals surface area contributed by atoms with E-state index in [0.29, 0.717) is 17.4 Å². The van der Waals surface area contributed by atoms with Crippen LogP contribution in [0.4, 0.5) is 0 Å². The molecular formula is C40H60O2. The van der Waals surface area contributed by atoms with Crippen LogP contribution in [0.3, 0.4) is 0 Å². The second-order valence-electron chi connectivity index (χ2n) is 17.7. The van der Waals surface area contributed by atoms with E-state index in [0.717, 1.165) is 35.1 Å². The van der Waals surface area contributed by atoms with Crippen LogP contribution in [0.25, 0.3) is 0 Å². The Morgan fingerprint density at radius 3 is 1.26 bits per heavy atom. The number of rotatable bonds is 4. The molecule has 2 aromatic carbocycles. The molecule has 0 fully saturated rings. The van der Waals surface area contributed by atoms with E-state index in [1.165, 1.54) is 27.8 Å². The average Bonchev–Trinajstić information content (AvgIpc) is 2.79. The van der Waals surface area contributed by atoms with Crippen molar-refractivity contribution in [1.29, 1.82) is 0 Å². The fraction of sp³-hybridized carbons (Fsp3) is 0.600. The summed E-state index contributed by atoms with van der Waals surface area (Å²) in [6.07, 6.45) is 4.29. The largest absolute Gasteiger partial charge is 0.507 e. The van der Waals surface area contributed by atoms with Crippen LogP contribution in [0, 0.1) is 11.3 Å². The number of allylic oxidation sites excluding steroid dienone is 4. The molecule has 0 radical (unpaired) electrons. The van der Waals surface area contributed by atoms with Crippen molar-refractivity contribution in [3.8, 4) is 11.5 Å². The zero-order valence-electron chi connectivity index (χ0n) is 29.8. The van der Waals surface area contributed by atoms with Crippen LogP contribution < -0.4 is 0 Å². The number of benzene rings is 2. The van der Waals surface area contributed by atoms with Gasteiger partial charge in [0.25, 0.3) is 0 Å². The predicted octanol–water partition coefficient (Wildman–Crippen LogP) is 11.0. The van der Waals surface area contributed by atoms with Gasteiger partial charge in [0.15, 0.2) is 0 Å². The molecule has 2 N–H and O–H groups in total. The summed E-state index contributed by atoms with van der Waals surface area (Å²) in [4.78, 5) is 0. The van der Waals surface area contributed by atoms with E-state index in [4.69, 9.17) is 0 Å². The normalized spacial score (nSPS) is 18.4. The van der Waals surface area contributed by atoms with Gasteiger partial charge in [0.05, 0.1) is 0 Å². The molecule has 2 aromatic rings. The number of phenolic OH excluding ortho intramolecular Hbond substituents is 2. The smallest absolute Gasteiger partial charge is 0.123 e. The van der Waals surface area contributed by atoms with E-state index < -0.39 is 0 Å². The lowest BCUT2D eigenvalue weighted by molar-refractivity contribution is 0.307. The lowest BCUT2D eigenvalue weighted by Gasteiger charge is -2.40. The molecule has 3 rings (SSSR count). The van der Waals surface area contributed by atoms with Crippen molar-refractivity contribution in [3.05, 3.63) is 80.4 Å². The Bertz CT molecular complexity index is 1330. The highest BCUT2D eigenvalue weighted by Gasteiger charge is 2.36. The van der Waals surface area contributed by atoms with Crippen LogP contribution in [-0.4, -0.2) is 10.2 Å². The van der Waals surface area contributed by atoms with Crippen LogP contribution in [0.15, 0.2) is 47.1 Å². The zero-order valence-corrected chi connectivity index (χ0v) is 29.8. The molecule has 0 aromatic heterocycles. The van der Waals surface area contributed by atoms with Crippen molar-refractivity contribution >= 4 is 0 Å². The van der Waals surface area contributed by atoms with E-state index in [1.807, 2.05) is 0 Å². The summed E-state index contributed by atoms with van der Waals surface area (Å²) in [6, 6.07) is 8.96. The zero-order chi connectivity index (χ0) is 32.4. The lowest BCUT2D eigenvalue weighted by Crippen LogP contribution is -2.31. The van der Waals surface area contributed by atoms with Crippen molar-refractivity contribution in [3.63, 3.8) is 0 Å². The van der Waals surface area contributed by atoms with Gasteiger partial charge in [-0.1, -0.05) is 138 Å². The topological polar surface area (TPSA) is 40.5 Å². The van der Waals surface area contributed by atoms with Crippen molar-refractivity contribution in [2.45, 2.75) is 145 Å². The molecule has 42 heavy (non-hydrogen) atoms. The summed E-state index contributed by atoms with van der Waals surface area (Å²) in [7, 11) is 0. The van der Waals surface area contributed by atoms with Gasteiger partial charge < -0.3 is 10.2 Å². The molecule has 0 saturated carbocycles.